The van der Waals surface area contributed by atoms with Gasteiger partial charge in [-0.15, -0.1) is 0 Å². The van der Waals surface area contributed by atoms with Crippen molar-refractivity contribution in [3.63, 3.8) is 0 Å². The third-order valence-corrected chi connectivity index (χ3v) is 5.22. The van der Waals surface area contributed by atoms with E-state index in [1.807, 2.05) is 48.7 Å². The van der Waals surface area contributed by atoms with E-state index in [-0.39, 0.29) is 0 Å². The van der Waals surface area contributed by atoms with E-state index in [0.717, 1.165) is 33.7 Å². The Morgan fingerprint density at radius 2 is 1.36 bits per heavy atom. The molecule has 1 aliphatic carbocycles. The molecule has 130 valence electrons. The minimum Gasteiger partial charge on any atom is -0.256 e. The van der Waals surface area contributed by atoms with Crippen LogP contribution in [0.3, 0.4) is 0 Å². The Balaban J connectivity index is 1.50. The van der Waals surface area contributed by atoms with Crippen LogP contribution in [0.4, 0.5) is 5.69 Å². The van der Waals surface area contributed by atoms with Gasteiger partial charge in [-0.05, 0) is 35.2 Å². The first-order valence-corrected chi connectivity index (χ1v) is 9.30. The van der Waals surface area contributed by atoms with Crippen LogP contribution in [0, 0.1) is 0 Å². The Kier molecular flexibility index (Phi) is 3.17. The van der Waals surface area contributed by atoms with Gasteiger partial charge in [0.05, 0.1) is 28.1 Å². The zero-order chi connectivity index (χ0) is 18.5. The summed E-state index contributed by atoms with van der Waals surface area (Å²) in [6.45, 7) is 0. The SMILES string of the molecule is C(=Nc1ccccc1)c1ccc2nc3c(nc2c1)-c1cccc2cccc-3c12. The van der Waals surface area contributed by atoms with Crippen LogP contribution in [-0.2, 0) is 0 Å². The van der Waals surface area contributed by atoms with E-state index in [4.69, 9.17) is 9.97 Å². The molecule has 5 aromatic rings. The van der Waals surface area contributed by atoms with Crippen molar-refractivity contribution in [3.05, 3.63) is 90.5 Å². The molecule has 0 amide bonds. The van der Waals surface area contributed by atoms with Gasteiger partial charge in [-0.1, -0.05) is 60.7 Å². The fourth-order valence-electron chi connectivity index (χ4n) is 3.93. The Hall–Kier alpha value is -3.85. The van der Waals surface area contributed by atoms with E-state index in [1.165, 1.54) is 21.9 Å². The molecule has 0 saturated carbocycles. The quantitative estimate of drug-likeness (QED) is 0.347. The predicted octanol–water partition coefficient (Wildman–Crippen LogP) is 6.18. The summed E-state index contributed by atoms with van der Waals surface area (Å²) in [6, 6.07) is 28.8. The third-order valence-electron chi connectivity index (χ3n) is 5.22. The van der Waals surface area contributed by atoms with Gasteiger partial charge in [0.1, 0.15) is 0 Å². The fourth-order valence-corrected chi connectivity index (χ4v) is 3.93. The molecular formula is C25H15N3. The van der Waals surface area contributed by atoms with E-state index in [0.29, 0.717) is 0 Å². The van der Waals surface area contributed by atoms with Crippen LogP contribution in [0.1, 0.15) is 5.56 Å². The highest BCUT2D eigenvalue weighted by molar-refractivity contribution is 6.14. The van der Waals surface area contributed by atoms with Crippen LogP contribution in [-0.4, -0.2) is 16.2 Å². The lowest BCUT2D eigenvalue weighted by Crippen LogP contribution is -1.92. The normalized spacial score (nSPS) is 12.1. The molecule has 3 heteroatoms. The van der Waals surface area contributed by atoms with E-state index in [2.05, 4.69) is 47.5 Å². The van der Waals surface area contributed by atoms with E-state index < -0.39 is 0 Å². The molecule has 28 heavy (non-hydrogen) atoms. The molecule has 0 atom stereocenters. The molecule has 0 aliphatic heterocycles. The topological polar surface area (TPSA) is 38.1 Å². The minimum atomic E-state index is 0.889. The summed E-state index contributed by atoms with van der Waals surface area (Å²) in [4.78, 5) is 14.5. The van der Waals surface area contributed by atoms with E-state index in [1.54, 1.807) is 0 Å². The third kappa shape index (κ3) is 2.26. The van der Waals surface area contributed by atoms with Gasteiger partial charge < -0.3 is 0 Å². The first-order chi connectivity index (χ1) is 13.9. The van der Waals surface area contributed by atoms with Gasteiger partial charge in [-0.2, -0.15) is 0 Å². The van der Waals surface area contributed by atoms with Crippen molar-refractivity contribution in [3.8, 4) is 22.5 Å². The largest absolute Gasteiger partial charge is 0.256 e. The number of fused-ring (bicyclic) bond motifs is 4. The van der Waals surface area contributed by atoms with Crippen LogP contribution >= 0.6 is 0 Å². The number of aliphatic imine (C=N–C) groups is 1. The summed E-state index contributed by atoms with van der Waals surface area (Å²) in [5, 5.41) is 2.48. The number of rotatable bonds is 2. The van der Waals surface area contributed by atoms with Crippen molar-refractivity contribution in [2.45, 2.75) is 0 Å². The molecule has 6 rings (SSSR count). The molecule has 0 saturated heterocycles. The molecule has 0 spiro atoms. The summed E-state index contributed by atoms with van der Waals surface area (Å²) in [5.41, 5.74) is 8.03. The number of hydrogen-bond donors (Lipinski definition) is 0. The molecule has 1 heterocycles. The molecule has 4 aromatic carbocycles. The highest BCUT2D eigenvalue weighted by atomic mass is 14.8. The second kappa shape index (κ2) is 5.83. The number of nitrogens with zero attached hydrogens (tertiary/aromatic N) is 3. The molecule has 0 bridgehead atoms. The maximum Gasteiger partial charge on any atom is 0.0979 e. The van der Waals surface area contributed by atoms with Gasteiger partial charge in [-0.3, -0.25) is 4.99 Å². The predicted molar refractivity (Wildman–Crippen MR) is 115 cm³/mol. The average Bonchev–Trinajstić information content (AvgIpc) is 3.06. The van der Waals surface area contributed by atoms with Gasteiger partial charge in [0, 0.05) is 22.7 Å². The summed E-state index contributed by atoms with van der Waals surface area (Å²) >= 11 is 0. The Morgan fingerprint density at radius 3 is 2.11 bits per heavy atom. The van der Waals surface area contributed by atoms with Gasteiger partial charge in [0.2, 0.25) is 0 Å². The maximum absolute atomic E-state index is 4.99. The van der Waals surface area contributed by atoms with Gasteiger partial charge in [0.25, 0.3) is 0 Å². The maximum atomic E-state index is 4.99. The first kappa shape index (κ1) is 15.2. The Labute approximate surface area is 162 Å². The van der Waals surface area contributed by atoms with Gasteiger partial charge in [-0.25, -0.2) is 9.97 Å². The van der Waals surface area contributed by atoms with Crippen LogP contribution in [0.25, 0.3) is 44.3 Å². The number of para-hydroxylation sites is 1. The monoisotopic (exact) mass is 357 g/mol. The highest BCUT2D eigenvalue weighted by Crippen LogP contribution is 2.45. The second-order valence-corrected chi connectivity index (χ2v) is 6.97. The average molecular weight is 357 g/mol. The van der Waals surface area contributed by atoms with Gasteiger partial charge in [0.15, 0.2) is 0 Å². The summed E-state index contributed by atoms with van der Waals surface area (Å²) in [5.74, 6) is 0. The van der Waals surface area contributed by atoms with Crippen LogP contribution < -0.4 is 0 Å². The number of aromatic nitrogens is 2. The van der Waals surface area contributed by atoms with Crippen molar-refractivity contribution < 1.29 is 0 Å². The minimum absolute atomic E-state index is 0.889. The molecule has 3 nitrogen and oxygen atoms in total. The van der Waals surface area contributed by atoms with Crippen molar-refractivity contribution in [2.24, 2.45) is 4.99 Å². The summed E-state index contributed by atoms with van der Waals surface area (Å²) < 4.78 is 0. The molecular weight excluding hydrogens is 342 g/mol. The molecule has 1 aromatic heterocycles. The molecule has 0 unspecified atom stereocenters. The van der Waals surface area contributed by atoms with Crippen LogP contribution in [0.15, 0.2) is 89.9 Å². The van der Waals surface area contributed by atoms with Crippen molar-refractivity contribution in [2.75, 3.05) is 0 Å². The van der Waals surface area contributed by atoms with Crippen molar-refractivity contribution in [1.82, 2.24) is 9.97 Å². The standard InChI is InChI=1S/C25H15N3/c1-2-8-18(9-3-1)26-15-16-12-13-21-22(14-16)28-25-20-11-5-7-17-6-4-10-19(23(17)20)24(25)27-21/h1-15H. The lowest BCUT2D eigenvalue weighted by molar-refractivity contribution is 1.32. The first-order valence-electron chi connectivity index (χ1n) is 9.30. The molecule has 0 fully saturated rings. The summed E-state index contributed by atoms with van der Waals surface area (Å²) in [6.07, 6.45) is 1.87. The van der Waals surface area contributed by atoms with Crippen LogP contribution in [0.5, 0.6) is 0 Å². The Bertz CT molecular complexity index is 1400. The summed E-state index contributed by atoms with van der Waals surface area (Å²) in [7, 11) is 0. The molecule has 1 aliphatic rings. The molecule has 0 radical (unpaired) electrons. The lowest BCUT2D eigenvalue weighted by atomic mass is 10.0. The highest BCUT2D eigenvalue weighted by Gasteiger charge is 2.24. The zero-order valence-corrected chi connectivity index (χ0v) is 15.0. The smallest absolute Gasteiger partial charge is 0.0979 e. The van der Waals surface area contributed by atoms with Gasteiger partial charge >= 0.3 is 0 Å². The van der Waals surface area contributed by atoms with Crippen molar-refractivity contribution >= 4 is 33.7 Å². The van der Waals surface area contributed by atoms with E-state index in [9.17, 15) is 0 Å². The molecule has 0 N–H and O–H groups in total. The van der Waals surface area contributed by atoms with E-state index >= 15 is 0 Å². The fraction of sp³-hybridized carbons (Fsp3) is 0. The zero-order valence-electron chi connectivity index (χ0n) is 15.0. The Morgan fingerprint density at radius 1 is 0.643 bits per heavy atom. The number of hydrogen-bond acceptors (Lipinski definition) is 3. The second-order valence-electron chi connectivity index (χ2n) is 6.97. The lowest BCUT2D eigenvalue weighted by Gasteiger charge is -2.04. The van der Waals surface area contributed by atoms with Crippen molar-refractivity contribution in [1.29, 1.82) is 0 Å². The number of benzene rings is 4. The van der Waals surface area contributed by atoms with Crippen LogP contribution in [0.2, 0.25) is 0 Å².